The van der Waals surface area contributed by atoms with E-state index < -0.39 is 35.3 Å². The number of aromatic nitrogens is 1. The molecular formula is C19H18F3N9O2. The van der Waals surface area contributed by atoms with E-state index in [0.29, 0.717) is 16.9 Å². The van der Waals surface area contributed by atoms with Gasteiger partial charge in [0.05, 0.1) is 11.3 Å². The normalized spacial score (nSPS) is 12.4. The van der Waals surface area contributed by atoms with Crippen LogP contribution in [0.1, 0.15) is 11.3 Å². The number of nitrogens with two attached hydrogens (primary N) is 3. The molecule has 0 radical (unpaired) electrons. The molecule has 14 heteroatoms. The standard InChI is InChI=1S/C19H18F3N9O2/c20-19(21,22)15(26)11(8-24)17(32)31-14-3-1-2-13(30-14)16(27)33-18(28)29-10-4-5-12(25)9(6-10)7-23/h1-8,23-24,27H,25-26H2,(H2,28,29)(H,30,31,32)/b15-11+,23-7?,24-8?,27-16?. The van der Waals surface area contributed by atoms with E-state index in [-0.39, 0.29) is 17.7 Å². The Morgan fingerprint density at radius 2 is 1.88 bits per heavy atom. The molecule has 172 valence electrons. The Labute approximate surface area is 184 Å². The van der Waals surface area contributed by atoms with Crippen LogP contribution in [0.3, 0.4) is 0 Å². The molecule has 0 unspecified atom stereocenters. The number of rotatable bonds is 6. The molecule has 0 saturated carbocycles. The van der Waals surface area contributed by atoms with Crippen molar-refractivity contribution < 1.29 is 22.7 Å². The number of carbonyl (C=O) groups is 1. The summed E-state index contributed by atoms with van der Waals surface area (Å²) >= 11 is 0. The van der Waals surface area contributed by atoms with Crippen molar-refractivity contribution >= 4 is 47.4 Å². The first-order chi connectivity index (χ1) is 15.5. The molecule has 1 aromatic heterocycles. The number of allylic oxidation sites excluding steroid dienone is 1. The summed E-state index contributed by atoms with van der Waals surface area (Å²) in [6.45, 7) is 0. The molecular weight excluding hydrogens is 443 g/mol. The quantitative estimate of drug-likeness (QED) is 0.148. The molecule has 0 fully saturated rings. The summed E-state index contributed by atoms with van der Waals surface area (Å²) in [6.07, 6.45) is -3.81. The lowest BCUT2D eigenvalue weighted by molar-refractivity contribution is -0.114. The number of carbonyl (C=O) groups excluding carboxylic acids is 1. The Morgan fingerprint density at radius 1 is 1.18 bits per heavy atom. The van der Waals surface area contributed by atoms with Gasteiger partial charge >= 0.3 is 6.18 Å². The molecule has 0 saturated heterocycles. The number of alkyl halides is 3. The van der Waals surface area contributed by atoms with Crippen molar-refractivity contribution in [2.45, 2.75) is 6.18 Å². The Morgan fingerprint density at radius 3 is 2.48 bits per heavy atom. The van der Waals surface area contributed by atoms with Crippen LogP contribution in [-0.2, 0) is 9.53 Å². The molecule has 0 aliphatic rings. The maximum absolute atomic E-state index is 12.7. The first kappa shape index (κ1) is 24.5. The van der Waals surface area contributed by atoms with Gasteiger partial charge in [-0.1, -0.05) is 6.07 Å². The average Bonchev–Trinajstić information content (AvgIpc) is 2.75. The zero-order valence-corrected chi connectivity index (χ0v) is 16.7. The van der Waals surface area contributed by atoms with Crippen molar-refractivity contribution in [3.63, 3.8) is 0 Å². The van der Waals surface area contributed by atoms with Crippen LogP contribution in [0.5, 0.6) is 0 Å². The SMILES string of the molecule is N=C/C(C(=O)Nc1cccc(C(=N)OC(N)=Nc2ccc(N)c(C=N)c2)n1)=C(\N)C(F)(F)F. The third-order valence-corrected chi connectivity index (χ3v) is 3.88. The summed E-state index contributed by atoms with van der Waals surface area (Å²) in [5.41, 5.74) is 14.3. The highest BCUT2D eigenvalue weighted by Crippen LogP contribution is 2.24. The van der Waals surface area contributed by atoms with Gasteiger partial charge in [-0.25, -0.2) is 4.98 Å². The summed E-state index contributed by atoms with van der Waals surface area (Å²) in [4.78, 5) is 19.9. The molecule has 1 aromatic carbocycles. The zero-order chi connectivity index (χ0) is 24.8. The van der Waals surface area contributed by atoms with Gasteiger partial charge in [0.25, 0.3) is 11.9 Å². The Hall–Kier alpha value is -4.75. The smallest absolute Gasteiger partial charge is 0.405 e. The Balaban J connectivity index is 2.18. The summed E-state index contributed by atoms with van der Waals surface area (Å²) in [7, 11) is 0. The van der Waals surface area contributed by atoms with Gasteiger partial charge in [-0.05, 0) is 30.3 Å². The number of aliphatic imine (C=N–C) groups is 1. The number of amides is 1. The van der Waals surface area contributed by atoms with E-state index >= 15 is 0 Å². The molecule has 10 N–H and O–H groups in total. The fourth-order valence-corrected chi connectivity index (χ4v) is 2.30. The number of hydrogen-bond acceptors (Lipinski definition) is 9. The highest BCUT2D eigenvalue weighted by Gasteiger charge is 2.35. The second-order valence-electron chi connectivity index (χ2n) is 6.17. The topological polar surface area (TPSA) is 213 Å². The first-order valence-electron chi connectivity index (χ1n) is 8.83. The minimum atomic E-state index is -5.00. The molecule has 0 atom stereocenters. The van der Waals surface area contributed by atoms with Gasteiger partial charge in [0.15, 0.2) is 0 Å². The molecule has 1 heterocycles. The minimum absolute atomic E-state index is 0.132. The average molecular weight is 461 g/mol. The summed E-state index contributed by atoms with van der Waals surface area (Å²) in [5, 5.41) is 24.3. The van der Waals surface area contributed by atoms with E-state index in [4.69, 9.17) is 38.2 Å². The Kier molecular flexibility index (Phi) is 7.46. The van der Waals surface area contributed by atoms with Crippen molar-refractivity contribution in [1.29, 1.82) is 16.2 Å². The fraction of sp³-hybridized carbons (Fsp3) is 0.0526. The van der Waals surface area contributed by atoms with E-state index in [9.17, 15) is 18.0 Å². The molecule has 0 bridgehead atoms. The van der Waals surface area contributed by atoms with Gasteiger partial charge in [-0.2, -0.15) is 18.2 Å². The van der Waals surface area contributed by atoms with Crippen molar-refractivity contribution in [2.24, 2.45) is 16.5 Å². The summed E-state index contributed by atoms with van der Waals surface area (Å²) < 4.78 is 43.3. The zero-order valence-electron chi connectivity index (χ0n) is 16.7. The van der Waals surface area contributed by atoms with Crippen LogP contribution in [0, 0.1) is 16.2 Å². The first-order valence-corrected chi connectivity index (χ1v) is 8.83. The summed E-state index contributed by atoms with van der Waals surface area (Å²) in [6, 6.07) is 7.96. The number of benzene rings is 1. The van der Waals surface area contributed by atoms with E-state index in [1.165, 1.54) is 36.4 Å². The number of nitrogens with zero attached hydrogens (tertiary/aromatic N) is 2. The number of halogens is 3. The van der Waals surface area contributed by atoms with Gasteiger partial charge < -0.3 is 38.1 Å². The van der Waals surface area contributed by atoms with Gasteiger partial charge in [-0.15, -0.1) is 0 Å². The van der Waals surface area contributed by atoms with Gasteiger partial charge in [0.2, 0.25) is 5.90 Å². The van der Waals surface area contributed by atoms with Crippen molar-refractivity contribution in [1.82, 2.24) is 4.98 Å². The number of ether oxygens (including phenoxy) is 1. The molecule has 2 rings (SSSR count). The van der Waals surface area contributed by atoms with Crippen LogP contribution < -0.4 is 22.5 Å². The van der Waals surface area contributed by atoms with E-state index in [1.54, 1.807) is 0 Å². The van der Waals surface area contributed by atoms with E-state index in [0.717, 1.165) is 6.21 Å². The molecule has 1 amide bonds. The molecule has 0 spiro atoms. The van der Waals surface area contributed by atoms with Crippen LogP contribution >= 0.6 is 0 Å². The largest absolute Gasteiger partial charge is 0.431 e. The maximum Gasteiger partial charge on any atom is 0.431 e. The fourth-order valence-electron chi connectivity index (χ4n) is 2.30. The minimum Gasteiger partial charge on any atom is -0.405 e. The molecule has 33 heavy (non-hydrogen) atoms. The van der Waals surface area contributed by atoms with Crippen LogP contribution in [-0.4, -0.2) is 41.4 Å². The monoisotopic (exact) mass is 461 g/mol. The number of pyridine rings is 1. The molecule has 2 aromatic rings. The number of nitrogen functional groups attached to an aromatic ring is 1. The highest BCUT2D eigenvalue weighted by atomic mass is 19.4. The second-order valence-corrected chi connectivity index (χ2v) is 6.17. The number of amidine groups is 1. The number of anilines is 2. The van der Waals surface area contributed by atoms with Crippen molar-refractivity contribution in [3.8, 4) is 0 Å². The maximum atomic E-state index is 12.7. The molecule has 11 nitrogen and oxygen atoms in total. The van der Waals surface area contributed by atoms with Crippen molar-refractivity contribution in [3.05, 3.63) is 58.9 Å². The van der Waals surface area contributed by atoms with E-state index in [1.807, 2.05) is 0 Å². The highest BCUT2D eigenvalue weighted by molar-refractivity contribution is 6.17. The lowest BCUT2D eigenvalue weighted by Crippen LogP contribution is -2.28. The Bertz CT molecular complexity index is 1170. The predicted octanol–water partition coefficient (Wildman–Crippen LogP) is 2.01. The van der Waals surface area contributed by atoms with Gasteiger partial charge in [0.1, 0.15) is 17.2 Å². The van der Waals surface area contributed by atoms with Gasteiger partial charge in [-0.3, -0.25) is 10.2 Å². The lowest BCUT2D eigenvalue weighted by Gasteiger charge is -2.12. The number of nitrogens with one attached hydrogen (secondary N) is 4. The summed E-state index contributed by atoms with van der Waals surface area (Å²) in [5.74, 6) is -2.12. The van der Waals surface area contributed by atoms with Crippen molar-refractivity contribution in [2.75, 3.05) is 11.1 Å². The predicted molar refractivity (Wildman–Crippen MR) is 117 cm³/mol. The number of hydrogen-bond donors (Lipinski definition) is 7. The van der Waals surface area contributed by atoms with Crippen LogP contribution in [0.4, 0.5) is 30.4 Å². The van der Waals surface area contributed by atoms with Crippen LogP contribution in [0.25, 0.3) is 0 Å². The molecule has 0 aliphatic heterocycles. The van der Waals surface area contributed by atoms with Crippen LogP contribution in [0.2, 0.25) is 0 Å². The van der Waals surface area contributed by atoms with E-state index in [2.05, 4.69) is 15.3 Å². The van der Waals surface area contributed by atoms with Gasteiger partial charge in [0, 0.05) is 23.7 Å². The third kappa shape index (κ3) is 6.36. The lowest BCUT2D eigenvalue weighted by atomic mass is 10.2. The second kappa shape index (κ2) is 10.0. The third-order valence-electron chi connectivity index (χ3n) is 3.88. The van der Waals surface area contributed by atoms with Crippen LogP contribution in [0.15, 0.2) is 52.7 Å². The molecule has 0 aliphatic carbocycles.